The van der Waals surface area contributed by atoms with Crippen molar-refractivity contribution in [1.82, 2.24) is 0 Å². The van der Waals surface area contributed by atoms with Crippen molar-refractivity contribution in [2.45, 2.75) is 6.92 Å². The molecule has 0 aromatic heterocycles. The molecule has 5 heteroatoms. The van der Waals surface area contributed by atoms with Gasteiger partial charge < -0.3 is 4.74 Å². The van der Waals surface area contributed by atoms with E-state index >= 15 is 0 Å². The van der Waals surface area contributed by atoms with Gasteiger partial charge in [0.15, 0.2) is 0 Å². The number of carbonyl (C=O) groups excluding carboxylic acids is 1. The molecule has 0 fully saturated rings. The van der Waals surface area contributed by atoms with Gasteiger partial charge in [-0.15, -0.1) is 0 Å². The van der Waals surface area contributed by atoms with Crippen molar-refractivity contribution in [3.8, 4) is 0 Å². The van der Waals surface area contributed by atoms with E-state index in [9.17, 15) is 9.18 Å². The molecular formula is C10H11ClFNO2. The minimum Gasteiger partial charge on any atom is -0.447 e. The lowest BCUT2D eigenvalue weighted by Crippen LogP contribution is -2.15. The number of benzene rings is 1. The lowest BCUT2D eigenvalue weighted by molar-refractivity contribution is 0.152. The van der Waals surface area contributed by atoms with Crippen molar-refractivity contribution >= 4 is 23.4 Å². The van der Waals surface area contributed by atoms with Gasteiger partial charge in [-0.25, -0.2) is 9.18 Å². The normalized spacial score (nSPS) is 9.80. The van der Waals surface area contributed by atoms with Gasteiger partial charge in [0, 0.05) is 10.7 Å². The maximum atomic E-state index is 11.7. The predicted octanol–water partition coefficient (Wildman–Crippen LogP) is 3.17. The predicted molar refractivity (Wildman–Crippen MR) is 57.1 cm³/mol. The summed E-state index contributed by atoms with van der Waals surface area (Å²) in [4.78, 5) is 11.1. The van der Waals surface area contributed by atoms with Crippen molar-refractivity contribution in [3.63, 3.8) is 0 Å². The quantitative estimate of drug-likeness (QED) is 0.868. The van der Waals surface area contributed by atoms with E-state index in [1.165, 1.54) is 0 Å². The molecule has 0 atom stereocenters. The van der Waals surface area contributed by atoms with E-state index < -0.39 is 12.8 Å². The van der Waals surface area contributed by atoms with Crippen LogP contribution < -0.4 is 5.32 Å². The molecule has 82 valence electrons. The molecule has 0 spiro atoms. The summed E-state index contributed by atoms with van der Waals surface area (Å²) in [5.41, 5.74) is 1.31. The Kier molecular flexibility index (Phi) is 4.37. The molecule has 1 aromatic rings. The maximum Gasteiger partial charge on any atom is 0.411 e. The van der Waals surface area contributed by atoms with Gasteiger partial charge in [-0.2, -0.15) is 0 Å². The van der Waals surface area contributed by atoms with Crippen LogP contribution in [0.2, 0.25) is 5.02 Å². The van der Waals surface area contributed by atoms with Crippen molar-refractivity contribution in [1.29, 1.82) is 0 Å². The highest BCUT2D eigenvalue weighted by atomic mass is 35.5. The standard InChI is InChI=1S/C10H11ClFNO2/c1-7-8(11)3-2-4-9(7)13-10(14)15-6-5-12/h2-4H,5-6H2,1H3,(H,13,14). The summed E-state index contributed by atoms with van der Waals surface area (Å²) in [5.74, 6) is 0. The zero-order valence-corrected chi connectivity index (χ0v) is 8.97. The first-order chi connectivity index (χ1) is 7.15. The summed E-state index contributed by atoms with van der Waals surface area (Å²) < 4.78 is 16.2. The van der Waals surface area contributed by atoms with Crippen molar-refractivity contribution < 1.29 is 13.9 Å². The van der Waals surface area contributed by atoms with Crippen LogP contribution in [0.5, 0.6) is 0 Å². The second kappa shape index (κ2) is 5.56. The molecule has 0 aliphatic rings. The highest BCUT2D eigenvalue weighted by Crippen LogP contribution is 2.22. The summed E-state index contributed by atoms with van der Waals surface area (Å²) in [7, 11) is 0. The Morgan fingerprint density at radius 1 is 1.60 bits per heavy atom. The van der Waals surface area contributed by atoms with E-state index in [1.54, 1.807) is 25.1 Å². The smallest absolute Gasteiger partial charge is 0.411 e. The van der Waals surface area contributed by atoms with Gasteiger partial charge in [0.05, 0.1) is 0 Å². The molecule has 0 aliphatic carbocycles. The third-order valence-electron chi connectivity index (χ3n) is 1.81. The fourth-order valence-electron chi connectivity index (χ4n) is 1.02. The first-order valence-corrected chi connectivity index (χ1v) is 4.78. The number of hydrogen-bond acceptors (Lipinski definition) is 2. The van der Waals surface area contributed by atoms with Gasteiger partial charge in [0.1, 0.15) is 13.3 Å². The Hall–Kier alpha value is -1.29. The molecule has 0 aliphatic heterocycles. The number of ether oxygens (including phenoxy) is 1. The molecule has 1 rings (SSSR count). The van der Waals surface area contributed by atoms with E-state index in [-0.39, 0.29) is 6.61 Å². The molecular weight excluding hydrogens is 221 g/mol. The Morgan fingerprint density at radius 2 is 2.33 bits per heavy atom. The van der Waals surface area contributed by atoms with Crippen LogP contribution in [-0.4, -0.2) is 19.4 Å². The number of hydrogen-bond donors (Lipinski definition) is 1. The second-order valence-corrected chi connectivity index (χ2v) is 3.27. The molecule has 0 saturated carbocycles. The molecule has 0 heterocycles. The zero-order chi connectivity index (χ0) is 11.3. The van der Waals surface area contributed by atoms with Gasteiger partial charge in [0.2, 0.25) is 0 Å². The lowest BCUT2D eigenvalue weighted by atomic mass is 10.2. The number of carbonyl (C=O) groups is 1. The minimum atomic E-state index is -0.693. The van der Waals surface area contributed by atoms with Crippen LogP contribution in [0.4, 0.5) is 14.9 Å². The lowest BCUT2D eigenvalue weighted by Gasteiger charge is -2.08. The fraction of sp³-hybridized carbons (Fsp3) is 0.300. The SMILES string of the molecule is Cc1c(Cl)cccc1NC(=O)OCCF. The van der Waals surface area contributed by atoms with Gasteiger partial charge in [0.25, 0.3) is 0 Å². The third kappa shape index (κ3) is 3.40. The number of nitrogens with one attached hydrogen (secondary N) is 1. The molecule has 0 unspecified atom stereocenters. The van der Waals surface area contributed by atoms with Crippen LogP contribution >= 0.6 is 11.6 Å². The van der Waals surface area contributed by atoms with Crippen LogP contribution in [0.1, 0.15) is 5.56 Å². The molecule has 3 nitrogen and oxygen atoms in total. The summed E-state index contributed by atoms with van der Waals surface area (Å²) in [6, 6.07) is 5.12. The summed E-state index contributed by atoms with van der Waals surface area (Å²) in [6.07, 6.45) is -0.682. The van der Waals surface area contributed by atoms with Crippen LogP contribution in [-0.2, 0) is 4.74 Å². The first kappa shape index (κ1) is 11.8. The number of amides is 1. The van der Waals surface area contributed by atoms with Gasteiger partial charge in [-0.3, -0.25) is 5.32 Å². The van der Waals surface area contributed by atoms with Gasteiger partial charge in [-0.1, -0.05) is 17.7 Å². The molecule has 0 saturated heterocycles. The second-order valence-electron chi connectivity index (χ2n) is 2.86. The monoisotopic (exact) mass is 231 g/mol. The number of rotatable bonds is 3. The highest BCUT2D eigenvalue weighted by Gasteiger charge is 2.06. The van der Waals surface area contributed by atoms with E-state index in [1.807, 2.05) is 0 Å². The topological polar surface area (TPSA) is 38.3 Å². The van der Waals surface area contributed by atoms with Crippen LogP contribution in [0.15, 0.2) is 18.2 Å². The van der Waals surface area contributed by atoms with Gasteiger partial charge in [-0.05, 0) is 24.6 Å². The first-order valence-electron chi connectivity index (χ1n) is 4.40. The van der Waals surface area contributed by atoms with Gasteiger partial charge >= 0.3 is 6.09 Å². The van der Waals surface area contributed by atoms with E-state index in [0.717, 1.165) is 5.56 Å². The number of anilines is 1. The highest BCUT2D eigenvalue weighted by molar-refractivity contribution is 6.31. The molecule has 0 radical (unpaired) electrons. The van der Waals surface area contributed by atoms with Crippen molar-refractivity contribution in [3.05, 3.63) is 28.8 Å². The Morgan fingerprint density at radius 3 is 3.00 bits per heavy atom. The van der Waals surface area contributed by atoms with Crippen molar-refractivity contribution in [2.24, 2.45) is 0 Å². The van der Waals surface area contributed by atoms with E-state index in [4.69, 9.17) is 11.6 Å². The zero-order valence-electron chi connectivity index (χ0n) is 8.22. The summed E-state index contributed by atoms with van der Waals surface area (Å²) >= 11 is 5.85. The van der Waals surface area contributed by atoms with E-state index in [2.05, 4.69) is 10.1 Å². The Bertz CT molecular complexity index is 357. The molecule has 1 aromatic carbocycles. The average Bonchev–Trinajstić information content (AvgIpc) is 2.22. The molecule has 1 N–H and O–H groups in total. The molecule has 0 bridgehead atoms. The van der Waals surface area contributed by atoms with Crippen LogP contribution in [0.3, 0.4) is 0 Å². The largest absolute Gasteiger partial charge is 0.447 e. The summed E-state index contributed by atoms with van der Waals surface area (Å²) in [5, 5.41) is 3.03. The summed E-state index contributed by atoms with van der Waals surface area (Å²) in [6.45, 7) is 0.834. The fourth-order valence-corrected chi connectivity index (χ4v) is 1.19. The number of halogens is 2. The average molecular weight is 232 g/mol. The minimum absolute atomic E-state index is 0.245. The van der Waals surface area contributed by atoms with Crippen LogP contribution in [0, 0.1) is 6.92 Å². The Balaban J connectivity index is 2.64. The van der Waals surface area contributed by atoms with Crippen LogP contribution in [0.25, 0.3) is 0 Å². The van der Waals surface area contributed by atoms with E-state index in [0.29, 0.717) is 10.7 Å². The maximum absolute atomic E-state index is 11.7. The molecule has 1 amide bonds. The molecule has 15 heavy (non-hydrogen) atoms. The Labute approximate surface area is 92.2 Å². The van der Waals surface area contributed by atoms with Crippen molar-refractivity contribution in [2.75, 3.05) is 18.6 Å². The number of alkyl halides is 1. The third-order valence-corrected chi connectivity index (χ3v) is 2.22.